The number of halogens is 2. The molecule has 0 amide bonds. The van der Waals surface area contributed by atoms with E-state index in [2.05, 4.69) is 64.5 Å². The molecule has 0 aromatic heterocycles. The van der Waals surface area contributed by atoms with Gasteiger partial charge in [-0.1, -0.05) is 97.1 Å². The van der Waals surface area contributed by atoms with Gasteiger partial charge < -0.3 is 15.3 Å². The van der Waals surface area contributed by atoms with E-state index in [1.165, 1.54) is 94.3 Å². The van der Waals surface area contributed by atoms with Gasteiger partial charge in [-0.2, -0.15) is 0 Å². The molecule has 0 saturated heterocycles. The van der Waals surface area contributed by atoms with Gasteiger partial charge in [-0.05, 0) is 61.6 Å². The maximum Gasteiger partial charge on any atom is 0.0859 e. The number of nitrogen functional groups attached to an aromatic ring is 1. The minimum Gasteiger partial charge on any atom is -0.872 e. The molecule has 196 valence electrons. The van der Waals surface area contributed by atoms with Gasteiger partial charge in [-0.3, -0.25) is 4.99 Å². The van der Waals surface area contributed by atoms with E-state index < -0.39 is 0 Å². The molecular weight excluding hydrogens is 566 g/mol. The van der Waals surface area contributed by atoms with Gasteiger partial charge in [0.1, 0.15) is 0 Å². The van der Waals surface area contributed by atoms with Crippen LogP contribution in [0.25, 0.3) is 0 Å². The molecule has 2 aromatic carbocycles. The van der Waals surface area contributed by atoms with Crippen molar-refractivity contribution in [2.24, 2.45) is 4.99 Å². The molecule has 0 aliphatic heterocycles. The van der Waals surface area contributed by atoms with E-state index in [1.807, 2.05) is 6.07 Å². The first-order valence-corrected chi connectivity index (χ1v) is 14.8. The fourth-order valence-corrected chi connectivity index (χ4v) is 4.80. The molecule has 0 saturated carbocycles. The summed E-state index contributed by atoms with van der Waals surface area (Å²) in [6.07, 6.45) is 12.6. The fourth-order valence-electron chi connectivity index (χ4n) is 4.05. The zero-order valence-electron chi connectivity index (χ0n) is 22.2. The first-order valence-electron chi connectivity index (χ1n) is 13.2. The minimum atomic E-state index is -0.0716. The van der Waals surface area contributed by atoms with Gasteiger partial charge >= 0.3 is 0 Å². The zero-order chi connectivity index (χ0) is 26.1. The largest absolute Gasteiger partial charge is 0.872 e. The molecule has 0 fully saturated rings. The van der Waals surface area contributed by atoms with Crippen LogP contribution >= 0.6 is 31.9 Å². The third-order valence-electron chi connectivity index (χ3n) is 6.25. The first-order chi connectivity index (χ1) is 16.8. The number of aliphatic imine (C=N–C) groups is 1. The molecule has 0 bridgehead atoms. The number of unbranched alkanes of at least 4 members (excludes halogenated alkanes) is 4. The summed E-state index contributed by atoms with van der Waals surface area (Å²) in [6, 6.07) is 10.3. The Morgan fingerprint density at radius 3 is 1.69 bits per heavy atom. The van der Waals surface area contributed by atoms with Gasteiger partial charge in [0.25, 0.3) is 0 Å². The Morgan fingerprint density at radius 2 is 1.23 bits per heavy atom. The number of nitrogens with zero attached hydrogens (tertiary/aromatic N) is 2. The standard InChI is InChI=1S/C16H36N.C13H10Br2N2O/c1-5-9-13-17(14-10-6-2,15-11-7-3)16-12-8-4;14-9-2-4-13(18)8(5-9)7-17-12-3-1-10(15)6-11(12)16/h5-16H2,1-4H3;1-7,18H,16H2/q+1;/p-1. The van der Waals surface area contributed by atoms with Gasteiger partial charge in [0, 0.05) is 15.2 Å². The second-order valence-corrected chi connectivity index (χ2v) is 11.1. The van der Waals surface area contributed by atoms with Crippen LogP contribution in [0.1, 0.15) is 84.6 Å². The number of hydrogen-bond donors (Lipinski definition) is 1. The van der Waals surface area contributed by atoms with Crippen molar-refractivity contribution in [2.75, 3.05) is 31.9 Å². The normalized spacial score (nSPS) is 11.5. The van der Waals surface area contributed by atoms with Crippen LogP contribution in [0.3, 0.4) is 0 Å². The highest BCUT2D eigenvalue weighted by molar-refractivity contribution is 9.10. The van der Waals surface area contributed by atoms with Crippen molar-refractivity contribution in [3.63, 3.8) is 0 Å². The molecule has 2 rings (SSSR count). The molecule has 2 aromatic rings. The third kappa shape index (κ3) is 12.4. The highest BCUT2D eigenvalue weighted by atomic mass is 79.9. The van der Waals surface area contributed by atoms with Gasteiger partial charge in [-0.25, -0.2) is 0 Å². The Labute approximate surface area is 230 Å². The molecule has 0 heterocycles. The van der Waals surface area contributed by atoms with E-state index in [4.69, 9.17) is 5.73 Å². The SMILES string of the molecule is CCCC[N+](CCCC)(CCCC)CCCC.Nc1cc(Br)ccc1N=Cc1cc(Br)ccc1[O-]. The minimum absolute atomic E-state index is 0.0716. The van der Waals surface area contributed by atoms with E-state index in [0.29, 0.717) is 16.9 Å². The summed E-state index contributed by atoms with van der Waals surface area (Å²) in [7, 11) is 0. The lowest BCUT2D eigenvalue weighted by Crippen LogP contribution is -2.50. The van der Waals surface area contributed by atoms with Crippen molar-refractivity contribution in [1.29, 1.82) is 0 Å². The van der Waals surface area contributed by atoms with E-state index in [1.54, 1.807) is 24.3 Å². The Hall–Kier alpha value is -1.37. The molecule has 2 N–H and O–H groups in total. The Kier molecular flexibility index (Phi) is 16.2. The van der Waals surface area contributed by atoms with Crippen LogP contribution < -0.4 is 10.8 Å². The van der Waals surface area contributed by atoms with Crippen molar-refractivity contribution in [1.82, 2.24) is 0 Å². The Balaban J connectivity index is 0.000000351. The number of nitrogens with two attached hydrogens (primary N) is 1. The van der Waals surface area contributed by atoms with Crippen LogP contribution in [0.5, 0.6) is 5.75 Å². The van der Waals surface area contributed by atoms with E-state index >= 15 is 0 Å². The lowest BCUT2D eigenvalue weighted by Gasteiger charge is -2.39. The quantitative estimate of drug-likeness (QED) is 0.132. The molecule has 6 heteroatoms. The lowest BCUT2D eigenvalue weighted by molar-refractivity contribution is -0.929. The van der Waals surface area contributed by atoms with E-state index in [9.17, 15) is 5.11 Å². The molecule has 0 radical (unpaired) electrons. The van der Waals surface area contributed by atoms with Gasteiger partial charge in [0.2, 0.25) is 0 Å². The highest BCUT2D eigenvalue weighted by Gasteiger charge is 2.24. The topological polar surface area (TPSA) is 61.4 Å². The van der Waals surface area contributed by atoms with Crippen molar-refractivity contribution in [3.8, 4) is 5.75 Å². The second-order valence-electron chi connectivity index (χ2n) is 9.29. The van der Waals surface area contributed by atoms with Gasteiger partial charge in [-0.15, -0.1) is 0 Å². The van der Waals surface area contributed by atoms with E-state index in [-0.39, 0.29) is 5.75 Å². The molecule has 4 nitrogen and oxygen atoms in total. The number of hydrogen-bond acceptors (Lipinski definition) is 3. The smallest absolute Gasteiger partial charge is 0.0859 e. The monoisotopic (exact) mass is 609 g/mol. The summed E-state index contributed by atoms with van der Waals surface area (Å²) in [5.41, 5.74) is 7.54. The summed E-state index contributed by atoms with van der Waals surface area (Å²) in [5, 5.41) is 11.6. The number of quaternary nitrogens is 1. The number of anilines is 1. The Bertz CT molecular complexity index is 849. The highest BCUT2D eigenvalue weighted by Crippen LogP contribution is 2.26. The number of benzene rings is 2. The van der Waals surface area contributed by atoms with E-state index in [0.717, 1.165) is 8.95 Å². The van der Waals surface area contributed by atoms with Crippen LogP contribution in [0.2, 0.25) is 0 Å². The van der Waals surface area contributed by atoms with Gasteiger partial charge in [0.05, 0.1) is 37.6 Å². The van der Waals surface area contributed by atoms with Gasteiger partial charge in [0.15, 0.2) is 0 Å². The molecule has 0 aliphatic carbocycles. The van der Waals surface area contributed by atoms with Crippen LogP contribution in [0.4, 0.5) is 11.4 Å². The Morgan fingerprint density at radius 1 is 0.771 bits per heavy atom. The van der Waals surface area contributed by atoms with Crippen LogP contribution in [-0.2, 0) is 0 Å². The molecule has 0 unspecified atom stereocenters. The fraction of sp³-hybridized carbons (Fsp3) is 0.552. The summed E-state index contributed by atoms with van der Waals surface area (Å²) < 4.78 is 3.15. The second kappa shape index (κ2) is 18.0. The van der Waals surface area contributed by atoms with Crippen LogP contribution in [0.15, 0.2) is 50.3 Å². The summed E-state index contributed by atoms with van der Waals surface area (Å²) >= 11 is 6.64. The summed E-state index contributed by atoms with van der Waals surface area (Å²) in [4.78, 5) is 4.23. The van der Waals surface area contributed by atoms with Crippen molar-refractivity contribution < 1.29 is 9.59 Å². The maximum atomic E-state index is 11.6. The molecule has 0 aliphatic rings. The van der Waals surface area contributed by atoms with Crippen molar-refractivity contribution in [2.45, 2.75) is 79.1 Å². The summed E-state index contributed by atoms with van der Waals surface area (Å²) in [5.74, 6) is -0.0716. The van der Waals surface area contributed by atoms with Crippen LogP contribution in [-0.4, -0.2) is 36.9 Å². The van der Waals surface area contributed by atoms with Crippen molar-refractivity contribution >= 4 is 49.4 Å². The van der Waals surface area contributed by atoms with Crippen LogP contribution in [0, 0.1) is 0 Å². The molecule has 0 spiro atoms. The predicted octanol–water partition coefficient (Wildman–Crippen LogP) is 8.62. The first kappa shape index (κ1) is 31.7. The molecule has 35 heavy (non-hydrogen) atoms. The predicted molar refractivity (Wildman–Crippen MR) is 159 cm³/mol. The maximum absolute atomic E-state index is 11.6. The molecular formula is C29H45Br2N3O. The third-order valence-corrected chi connectivity index (χ3v) is 7.23. The summed E-state index contributed by atoms with van der Waals surface area (Å²) in [6.45, 7) is 15.0. The van der Waals surface area contributed by atoms with Crippen molar-refractivity contribution in [3.05, 3.63) is 50.9 Å². The lowest BCUT2D eigenvalue weighted by atomic mass is 10.1. The molecule has 0 atom stereocenters. The number of rotatable bonds is 14. The average molecular weight is 612 g/mol. The average Bonchev–Trinajstić information content (AvgIpc) is 2.85. The zero-order valence-corrected chi connectivity index (χ0v) is 25.3.